The third-order valence-electron chi connectivity index (χ3n) is 7.86. The molecular formula is C29H30N2O5. The van der Waals surface area contributed by atoms with Gasteiger partial charge in [-0.3, -0.25) is 4.79 Å². The molecule has 6 rings (SSSR count). The van der Waals surface area contributed by atoms with Crippen molar-refractivity contribution in [1.82, 2.24) is 4.90 Å². The standard InChI is InChI=1S/C29H30N2O5/c1-33-23-14-13-21(24(34-2)25(23)35-3)26-29(15-19-11-7-8-12-22(19)30-26)16-20-17-36-27(31(20)28(29)32)18-9-5-4-6-10-18/h4-14,20,26-27,30H,15-17H2,1-3H3/t20-,26-,27+,29-/m1/s1. The van der Waals surface area contributed by atoms with Crippen molar-refractivity contribution in [3.05, 3.63) is 83.4 Å². The van der Waals surface area contributed by atoms with Gasteiger partial charge in [0.05, 0.1) is 45.4 Å². The molecule has 0 bridgehead atoms. The minimum absolute atomic E-state index is 0.00315. The number of benzene rings is 3. The number of rotatable bonds is 5. The molecular weight excluding hydrogens is 456 g/mol. The third-order valence-corrected chi connectivity index (χ3v) is 7.86. The van der Waals surface area contributed by atoms with E-state index in [2.05, 4.69) is 17.4 Å². The van der Waals surface area contributed by atoms with Crippen molar-refractivity contribution < 1.29 is 23.7 Å². The molecule has 0 radical (unpaired) electrons. The Hall–Kier alpha value is -3.71. The second kappa shape index (κ2) is 8.75. The molecule has 1 N–H and O–H groups in total. The molecule has 4 atom stereocenters. The summed E-state index contributed by atoms with van der Waals surface area (Å²) in [7, 11) is 4.83. The van der Waals surface area contributed by atoms with Crippen LogP contribution in [0.4, 0.5) is 5.69 Å². The Morgan fingerprint density at radius 3 is 2.42 bits per heavy atom. The molecule has 0 aliphatic carbocycles. The normalized spacial score (nSPS) is 26.4. The number of hydrogen-bond donors (Lipinski definition) is 1. The van der Waals surface area contributed by atoms with Crippen LogP contribution < -0.4 is 19.5 Å². The van der Waals surface area contributed by atoms with Gasteiger partial charge in [-0.05, 0) is 36.6 Å². The zero-order valence-electron chi connectivity index (χ0n) is 20.7. The van der Waals surface area contributed by atoms with Gasteiger partial charge in [-0.1, -0.05) is 48.5 Å². The molecule has 36 heavy (non-hydrogen) atoms. The molecule has 186 valence electrons. The third kappa shape index (κ3) is 3.26. The highest BCUT2D eigenvalue weighted by atomic mass is 16.5. The Labute approximate surface area is 210 Å². The van der Waals surface area contributed by atoms with E-state index >= 15 is 0 Å². The number of amides is 1. The van der Waals surface area contributed by atoms with Crippen LogP contribution in [0.5, 0.6) is 17.2 Å². The SMILES string of the molecule is COc1ccc([C@H]2Nc3ccccc3C[C@@]23C[C@@H]2CO[C@@H](c4ccccc4)N2C3=O)c(OC)c1OC. The van der Waals surface area contributed by atoms with Crippen molar-refractivity contribution in [2.75, 3.05) is 33.3 Å². The molecule has 3 aromatic rings. The second-order valence-corrected chi connectivity index (χ2v) is 9.66. The fraction of sp³-hybridized carbons (Fsp3) is 0.345. The van der Waals surface area contributed by atoms with Crippen molar-refractivity contribution in [3.63, 3.8) is 0 Å². The Morgan fingerprint density at radius 2 is 1.67 bits per heavy atom. The van der Waals surface area contributed by atoms with Gasteiger partial charge in [0.1, 0.15) is 0 Å². The molecule has 3 aliphatic rings. The Bertz CT molecular complexity index is 1300. The molecule has 7 heteroatoms. The van der Waals surface area contributed by atoms with Crippen LogP contribution >= 0.6 is 0 Å². The van der Waals surface area contributed by atoms with Crippen LogP contribution in [0.1, 0.15) is 35.4 Å². The number of ether oxygens (including phenoxy) is 4. The molecule has 1 spiro atoms. The van der Waals surface area contributed by atoms with E-state index in [1.165, 1.54) is 0 Å². The number of fused-ring (bicyclic) bond motifs is 2. The van der Waals surface area contributed by atoms with Crippen LogP contribution in [0, 0.1) is 5.41 Å². The second-order valence-electron chi connectivity index (χ2n) is 9.66. The Morgan fingerprint density at radius 1 is 0.917 bits per heavy atom. The lowest BCUT2D eigenvalue weighted by atomic mass is 9.68. The zero-order valence-corrected chi connectivity index (χ0v) is 20.7. The molecule has 3 aliphatic heterocycles. The monoisotopic (exact) mass is 486 g/mol. The highest BCUT2D eigenvalue weighted by Gasteiger charge is 2.62. The number of para-hydroxylation sites is 1. The van der Waals surface area contributed by atoms with Gasteiger partial charge in [0, 0.05) is 16.8 Å². The van der Waals surface area contributed by atoms with Gasteiger partial charge in [-0.15, -0.1) is 0 Å². The summed E-state index contributed by atoms with van der Waals surface area (Å²) in [6.07, 6.45) is 0.929. The van der Waals surface area contributed by atoms with Crippen molar-refractivity contribution in [3.8, 4) is 17.2 Å². The van der Waals surface area contributed by atoms with Crippen LogP contribution in [-0.2, 0) is 16.0 Å². The van der Waals surface area contributed by atoms with Crippen LogP contribution in [0.3, 0.4) is 0 Å². The molecule has 3 heterocycles. The molecule has 0 aromatic heterocycles. The van der Waals surface area contributed by atoms with Gasteiger partial charge in [0.25, 0.3) is 0 Å². The van der Waals surface area contributed by atoms with Gasteiger partial charge in [-0.2, -0.15) is 0 Å². The fourth-order valence-corrected chi connectivity index (χ4v) is 6.29. The topological polar surface area (TPSA) is 69.3 Å². The average molecular weight is 487 g/mol. The summed E-state index contributed by atoms with van der Waals surface area (Å²) in [5.41, 5.74) is 3.33. The summed E-state index contributed by atoms with van der Waals surface area (Å²) in [5.74, 6) is 1.77. The van der Waals surface area contributed by atoms with Crippen LogP contribution in [-0.4, -0.2) is 44.8 Å². The van der Waals surface area contributed by atoms with E-state index < -0.39 is 5.41 Å². The maximum absolute atomic E-state index is 14.5. The maximum Gasteiger partial charge on any atom is 0.234 e. The fourth-order valence-electron chi connectivity index (χ4n) is 6.29. The first-order valence-corrected chi connectivity index (χ1v) is 12.2. The van der Waals surface area contributed by atoms with Gasteiger partial charge in [0.15, 0.2) is 17.7 Å². The molecule has 2 saturated heterocycles. The molecule has 3 aromatic carbocycles. The summed E-state index contributed by atoms with van der Waals surface area (Å²) in [5, 5.41) is 3.72. The first-order valence-electron chi connectivity index (χ1n) is 12.2. The van der Waals surface area contributed by atoms with Crippen molar-refractivity contribution in [2.24, 2.45) is 5.41 Å². The zero-order chi connectivity index (χ0) is 24.9. The summed E-state index contributed by atoms with van der Waals surface area (Å²) >= 11 is 0. The summed E-state index contributed by atoms with van der Waals surface area (Å²) in [4.78, 5) is 16.5. The van der Waals surface area contributed by atoms with Crippen LogP contribution in [0.15, 0.2) is 66.7 Å². The molecule has 1 amide bonds. The number of anilines is 1. The summed E-state index contributed by atoms with van der Waals surface area (Å²) in [6.45, 7) is 0.518. The van der Waals surface area contributed by atoms with E-state index in [-0.39, 0.29) is 24.2 Å². The van der Waals surface area contributed by atoms with E-state index in [1.54, 1.807) is 21.3 Å². The predicted octanol–water partition coefficient (Wildman–Crippen LogP) is 4.74. The van der Waals surface area contributed by atoms with Gasteiger partial charge in [0.2, 0.25) is 11.7 Å². The number of methoxy groups -OCH3 is 3. The Balaban J connectivity index is 1.49. The lowest BCUT2D eigenvalue weighted by Crippen LogP contribution is -2.46. The number of hydrogen-bond acceptors (Lipinski definition) is 6. The Kier molecular flexibility index (Phi) is 5.52. The van der Waals surface area contributed by atoms with E-state index in [1.807, 2.05) is 59.5 Å². The first-order chi connectivity index (χ1) is 17.6. The first kappa shape index (κ1) is 22.7. The quantitative estimate of drug-likeness (QED) is 0.562. The lowest BCUT2D eigenvalue weighted by molar-refractivity contribution is -0.143. The minimum Gasteiger partial charge on any atom is -0.493 e. The molecule has 0 saturated carbocycles. The van der Waals surface area contributed by atoms with Crippen LogP contribution in [0.2, 0.25) is 0 Å². The highest BCUT2D eigenvalue weighted by molar-refractivity contribution is 5.89. The van der Waals surface area contributed by atoms with E-state index in [4.69, 9.17) is 18.9 Å². The number of nitrogens with zero attached hydrogens (tertiary/aromatic N) is 1. The van der Waals surface area contributed by atoms with Gasteiger partial charge in [-0.25, -0.2) is 0 Å². The average Bonchev–Trinajstić information content (AvgIpc) is 3.45. The van der Waals surface area contributed by atoms with E-state index in [9.17, 15) is 4.79 Å². The smallest absolute Gasteiger partial charge is 0.234 e. The lowest BCUT2D eigenvalue weighted by Gasteiger charge is -2.43. The van der Waals surface area contributed by atoms with Crippen molar-refractivity contribution in [2.45, 2.75) is 31.2 Å². The van der Waals surface area contributed by atoms with Crippen molar-refractivity contribution in [1.29, 1.82) is 0 Å². The van der Waals surface area contributed by atoms with Gasteiger partial charge < -0.3 is 29.2 Å². The summed E-state index contributed by atoms with van der Waals surface area (Å²) < 4.78 is 23.3. The number of carbonyl (C=O) groups is 1. The van der Waals surface area contributed by atoms with Gasteiger partial charge >= 0.3 is 0 Å². The van der Waals surface area contributed by atoms with E-state index in [0.29, 0.717) is 36.7 Å². The molecule has 2 fully saturated rings. The number of nitrogens with one attached hydrogen (secondary N) is 1. The molecule has 7 nitrogen and oxygen atoms in total. The molecule has 0 unspecified atom stereocenters. The predicted molar refractivity (Wildman–Crippen MR) is 135 cm³/mol. The van der Waals surface area contributed by atoms with Crippen LogP contribution in [0.25, 0.3) is 0 Å². The largest absolute Gasteiger partial charge is 0.493 e. The van der Waals surface area contributed by atoms with Crippen molar-refractivity contribution >= 4 is 11.6 Å². The highest BCUT2D eigenvalue weighted by Crippen LogP contribution is 2.58. The van der Waals surface area contributed by atoms with E-state index in [0.717, 1.165) is 22.4 Å². The maximum atomic E-state index is 14.5. The number of carbonyl (C=O) groups excluding carboxylic acids is 1. The summed E-state index contributed by atoms with van der Waals surface area (Å²) in [6, 6.07) is 21.7. The minimum atomic E-state index is -0.706.